The number of para-hydroxylation sites is 1. The first-order valence-electron chi connectivity index (χ1n) is 7.05. The van der Waals surface area contributed by atoms with E-state index in [0.29, 0.717) is 11.6 Å². The number of hydrogen-bond donors (Lipinski definition) is 2. The van der Waals surface area contributed by atoms with Crippen molar-refractivity contribution < 1.29 is 9.18 Å². The molecular formula is C17H18ClFN2O. The number of nitrogens with one attached hydrogen (secondary N) is 2. The van der Waals surface area contributed by atoms with E-state index < -0.39 is 5.82 Å². The SMILES string of the molecule is CC(C)c1ccccc1NC(=O)CNc1ccc(F)c(Cl)c1. The van der Waals surface area contributed by atoms with Crippen LogP contribution in [-0.4, -0.2) is 12.5 Å². The number of amides is 1. The standard InChI is InChI=1S/C17H18ClFN2O/c1-11(2)13-5-3-4-6-16(13)21-17(22)10-20-12-7-8-15(19)14(18)9-12/h3-9,11,20H,10H2,1-2H3,(H,21,22). The second-order valence-electron chi connectivity index (χ2n) is 5.27. The predicted octanol–water partition coefficient (Wildman–Crippen LogP) is 4.65. The lowest BCUT2D eigenvalue weighted by Gasteiger charge is -2.14. The fourth-order valence-corrected chi connectivity index (χ4v) is 2.28. The Hall–Kier alpha value is -2.07. The van der Waals surface area contributed by atoms with Crippen molar-refractivity contribution in [3.05, 3.63) is 58.9 Å². The summed E-state index contributed by atoms with van der Waals surface area (Å²) in [6.07, 6.45) is 0. The smallest absolute Gasteiger partial charge is 0.243 e. The molecule has 2 aromatic rings. The van der Waals surface area contributed by atoms with Crippen molar-refractivity contribution in [1.29, 1.82) is 0 Å². The molecule has 0 aliphatic rings. The van der Waals surface area contributed by atoms with E-state index in [1.807, 2.05) is 24.3 Å². The van der Waals surface area contributed by atoms with Crippen LogP contribution < -0.4 is 10.6 Å². The quantitative estimate of drug-likeness (QED) is 0.841. The Bertz CT molecular complexity index is 673. The van der Waals surface area contributed by atoms with Crippen LogP contribution in [0.1, 0.15) is 25.3 Å². The summed E-state index contributed by atoms with van der Waals surface area (Å²) in [7, 11) is 0. The number of benzene rings is 2. The summed E-state index contributed by atoms with van der Waals surface area (Å²) in [5.41, 5.74) is 2.49. The van der Waals surface area contributed by atoms with Crippen molar-refractivity contribution in [3.8, 4) is 0 Å². The third-order valence-corrected chi connectivity index (χ3v) is 3.52. The van der Waals surface area contributed by atoms with E-state index in [0.717, 1.165) is 11.3 Å². The van der Waals surface area contributed by atoms with Crippen molar-refractivity contribution in [2.75, 3.05) is 17.2 Å². The van der Waals surface area contributed by atoms with Gasteiger partial charge in [-0.2, -0.15) is 0 Å². The lowest BCUT2D eigenvalue weighted by molar-refractivity contribution is -0.114. The molecule has 0 fully saturated rings. The van der Waals surface area contributed by atoms with E-state index in [1.54, 1.807) is 0 Å². The van der Waals surface area contributed by atoms with Crippen molar-refractivity contribution >= 4 is 28.9 Å². The Labute approximate surface area is 134 Å². The summed E-state index contributed by atoms with van der Waals surface area (Å²) in [6, 6.07) is 12.0. The molecule has 0 aliphatic heterocycles. The van der Waals surface area contributed by atoms with Crippen LogP contribution in [0.3, 0.4) is 0 Å². The summed E-state index contributed by atoms with van der Waals surface area (Å²) in [6.45, 7) is 4.22. The lowest BCUT2D eigenvalue weighted by atomic mass is 10.0. The number of rotatable bonds is 5. The van der Waals surface area contributed by atoms with Gasteiger partial charge >= 0.3 is 0 Å². The summed E-state index contributed by atoms with van der Waals surface area (Å²) < 4.78 is 13.1. The maximum absolute atomic E-state index is 13.1. The van der Waals surface area contributed by atoms with Crippen LogP contribution in [0.15, 0.2) is 42.5 Å². The van der Waals surface area contributed by atoms with Crippen LogP contribution in [0, 0.1) is 5.82 Å². The molecule has 1 amide bonds. The van der Waals surface area contributed by atoms with Crippen LogP contribution in [0.25, 0.3) is 0 Å². The molecule has 0 saturated heterocycles. The van der Waals surface area contributed by atoms with Crippen molar-refractivity contribution in [1.82, 2.24) is 0 Å². The maximum Gasteiger partial charge on any atom is 0.243 e. The minimum absolute atomic E-state index is 0.0237. The lowest BCUT2D eigenvalue weighted by Crippen LogP contribution is -2.22. The molecule has 0 atom stereocenters. The molecule has 2 aromatic carbocycles. The van der Waals surface area contributed by atoms with Crippen LogP contribution in [0.4, 0.5) is 15.8 Å². The molecule has 3 nitrogen and oxygen atoms in total. The molecule has 0 radical (unpaired) electrons. The van der Waals surface area contributed by atoms with E-state index in [4.69, 9.17) is 11.6 Å². The van der Waals surface area contributed by atoms with Gasteiger partial charge < -0.3 is 10.6 Å². The summed E-state index contributed by atoms with van der Waals surface area (Å²) >= 11 is 5.70. The van der Waals surface area contributed by atoms with Gasteiger partial charge in [0.05, 0.1) is 11.6 Å². The average molecular weight is 321 g/mol. The second-order valence-corrected chi connectivity index (χ2v) is 5.68. The van der Waals surface area contributed by atoms with Crippen LogP contribution in [0.2, 0.25) is 5.02 Å². The van der Waals surface area contributed by atoms with Gasteiger partial charge in [-0.05, 0) is 35.7 Å². The Balaban J connectivity index is 1.97. The number of halogens is 2. The van der Waals surface area contributed by atoms with Gasteiger partial charge in [0.15, 0.2) is 0 Å². The molecule has 0 unspecified atom stereocenters. The summed E-state index contributed by atoms with van der Waals surface area (Å²) in [5.74, 6) is -0.337. The van der Waals surface area contributed by atoms with Crippen LogP contribution in [-0.2, 0) is 4.79 Å². The molecule has 2 N–H and O–H groups in total. The van der Waals surface area contributed by atoms with Crippen LogP contribution in [0.5, 0.6) is 0 Å². The van der Waals surface area contributed by atoms with Gasteiger partial charge in [-0.1, -0.05) is 43.6 Å². The van der Waals surface area contributed by atoms with E-state index in [-0.39, 0.29) is 17.5 Å². The number of carbonyl (C=O) groups excluding carboxylic acids is 1. The third kappa shape index (κ3) is 4.21. The Morgan fingerprint density at radius 2 is 1.95 bits per heavy atom. The fraction of sp³-hybridized carbons (Fsp3) is 0.235. The van der Waals surface area contributed by atoms with Crippen molar-refractivity contribution in [2.24, 2.45) is 0 Å². The first-order valence-corrected chi connectivity index (χ1v) is 7.43. The normalized spacial score (nSPS) is 10.6. The molecule has 5 heteroatoms. The van der Waals surface area contributed by atoms with Crippen molar-refractivity contribution in [3.63, 3.8) is 0 Å². The Morgan fingerprint density at radius 3 is 2.64 bits per heavy atom. The maximum atomic E-state index is 13.1. The average Bonchev–Trinajstić information content (AvgIpc) is 2.49. The molecule has 0 aromatic heterocycles. The van der Waals surface area contributed by atoms with Gasteiger partial charge in [-0.25, -0.2) is 4.39 Å². The minimum Gasteiger partial charge on any atom is -0.376 e. The van der Waals surface area contributed by atoms with E-state index in [2.05, 4.69) is 24.5 Å². The molecule has 2 rings (SSSR count). The zero-order chi connectivity index (χ0) is 16.1. The molecule has 0 saturated carbocycles. The van der Waals surface area contributed by atoms with Gasteiger partial charge in [-0.15, -0.1) is 0 Å². The zero-order valence-corrected chi connectivity index (χ0v) is 13.2. The predicted molar refractivity (Wildman–Crippen MR) is 89.1 cm³/mol. The molecule has 116 valence electrons. The van der Waals surface area contributed by atoms with Gasteiger partial charge in [0.1, 0.15) is 5.82 Å². The second kappa shape index (κ2) is 7.27. The first-order chi connectivity index (χ1) is 10.5. The highest BCUT2D eigenvalue weighted by molar-refractivity contribution is 6.31. The third-order valence-electron chi connectivity index (χ3n) is 3.23. The summed E-state index contributed by atoms with van der Waals surface area (Å²) in [5, 5.41) is 5.82. The molecule has 0 heterocycles. The highest BCUT2D eigenvalue weighted by atomic mass is 35.5. The molecular weight excluding hydrogens is 303 g/mol. The monoisotopic (exact) mass is 320 g/mol. The zero-order valence-electron chi connectivity index (χ0n) is 12.5. The highest BCUT2D eigenvalue weighted by Crippen LogP contribution is 2.23. The largest absolute Gasteiger partial charge is 0.376 e. The van der Waals surface area contributed by atoms with Crippen LogP contribution >= 0.6 is 11.6 Å². The van der Waals surface area contributed by atoms with Gasteiger partial charge in [0.25, 0.3) is 0 Å². The number of hydrogen-bond acceptors (Lipinski definition) is 2. The fourth-order valence-electron chi connectivity index (χ4n) is 2.10. The number of anilines is 2. The molecule has 0 spiro atoms. The molecule has 0 bridgehead atoms. The minimum atomic E-state index is -0.484. The highest BCUT2D eigenvalue weighted by Gasteiger charge is 2.09. The van der Waals surface area contributed by atoms with E-state index in [9.17, 15) is 9.18 Å². The Kier molecular flexibility index (Phi) is 5.39. The first kappa shape index (κ1) is 16.3. The van der Waals surface area contributed by atoms with Gasteiger partial charge in [0.2, 0.25) is 5.91 Å². The van der Waals surface area contributed by atoms with Crippen molar-refractivity contribution in [2.45, 2.75) is 19.8 Å². The molecule has 0 aliphatic carbocycles. The van der Waals surface area contributed by atoms with E-state index in [1.165, 1.54) is 18.2 Å². The molecule has 22 heavy (non-hydrogen) atoms. The number of carbonyl (C=O) groups is 1. The van der Waals surface area contributed by atoms with E-state index >= 15 is 0 Å². The Morgan fingerprint density at radius 1 is 1.23 bits per heavy atom. The van der Waals surface area contributed by atoms with Gasteiger partial charge in [0, 0.05) is 11.4 Å². The topological polar surface area (TPSA) is 41.1 Å². The van der Waals surface area contributed by atoms with Gasteiger partial charge in [-0.3, -0.25) is 4.79 Å². The summed E-state index contributed by atoms with van der Waals surface area (Å²) in [4.78, 5) is 12.0.